The molecular weight excluding hydrogens is 512 g/mol. The predicted octanol–water partition coefficient (Wildman–Crippen LogP) is 11.4. The molecule has 42 heavy (non-hydrogen) atoms. The van der Waals surface area contributed by atoms with Gasteiger partial charge in [-0.05, 0) is 125 Å². The first-order valence-electron chi connectivity index (χ1n) is 15.4. The number of allylic oxidation sites excluding steroid dienone is 20. The van der Waals surface area contributed by atoms with E-state index in [1.54, 1.807) is 12.2 Å². The first-order chi connectivity index (χ1) is 19.7. The summed E-state index contributed by atoms with van der Waals surface area (Å²) in [5.41, 5.74) is 11.0. The highest BCUT2D eigenvalue weighted by Crippen LogP contribution is 2.41. The number of rotatable bonds is 10. The minimum absolute atomic E-state index is 0.290. The van der Waals surface area contributed by atoms with Gasteiger partial charge in [-0.2, -0.15) is 0 Å². The van der Waals surface area contributed by atoms with Crippen molar-refractivity contribution in [2.45, 2.75) is 108 Å². The van der Waals surface area contributed by atoms with Crippen molar-refractivity contribution in [3.05, 3.63) is 117 Å². The molecule has 0 fully saturated rings. The van der Waals surface area contributed by atoms with E-state index >= 15 is 0 Å². The Balaban J connectivity index is 0.000000420. The summed E-state index contributed by atoms with van der Waals surface area (Å²) >= 11 is 0. The summed E-state index contributed by atoms with van der Waals surface area (Å²) in [6, 6.07) is 0. The van der Waals surface area contributed by atoms with Crippen LogP contribution in [0.15, 0.2) is 117 Å². The fraction of sp³-hybridized carbons (Fsp3) is 0.450. The number of aldehydes is 2. The van der Waals surface area contributed by atoms with Gasteiger partial charge in [-0.15, -0.1) is 0 Å². The van der Waals surface area contributed by atoms with Crippen LogP contribution in [0.1, 0.15) is 108 Å². The zero-order valence-electron chi connectivity index (χ0n) is 28.1. The van der Waals surface area contributed by atoms with Crippen LogP contribution in [0.2, 0.25) is 0 Å². The van der Waals surface area contributed by atoms with Gasteiger partial charge in [0.15, 0.2) is 0 Å². The number of hydrogen-bond acceptors (Lipinski definition) is 2. The van der Waals surface area contributed by atoms with Crippen LogP contribution in [0.25, 0.3) is 0 Å². The quantitative estimate of drug-likeness (QED) is 0.149. The summed E-state index contributed by atoms with van der Waals surface area (Å²) < 4.78 is 0. The molecule has 0 amide bonds. The molecule has 0 saturated heterocycles. The van der Waals surface area contributed by atoms with Crippen LogP contribution in [0, 0.1) is 10.8 Å². The summed E-state index contributed by atoms with van der Waals surface area (Å²) in [6.45, 7) is 21.9. The van der Waals surface area contributed by atoms with Crippen molar-refractivity contribution >= 4 is 12.6 Å². The normalized spacial score (nSPS) is 20.6. The van der Waals surface area contributed by atoms with Crippen LogP contribution >= 0.6 is 0 Å². The molecule has 2 nitrogen and oxygen atoms in total. The molecule has 0 radical (unpaired) electrons. The van der Waals surface area contributed by atoms with Gasteiger partial charge in [0.25, 0.3) is 0 Å². The van der Waals surface area contributed by atoms with E-state index in [9.17, 15) is 9.59 Å². The van der Waals surface area contributed by atoms with Crippen molar-refractivity contribution in [1.29, 1.82) is 0 Å². The molecule has 0 aromatic carbocycles. The summed E-state index contributed by atoms with van der Waals surface area (Å²) in [4.78, 5) is 20.7. The highest BCUT2D eigenvalue weighted by Gasteiger charge is 2.27. The van der Waals surface area contributed by atoms with Gasteiger partial charge in [0.2, 0.25) is 0 Å². The van der Waals surface area contributed by atoms with Gasteiger partial charge in [0.1, 0.15) is 12.6 Å². The van der Waals surface area contributed by atoms with Crippen LogP contribution < -0.4 is 0 Å². The Kier molecular flexibility index (Phi) is 16.0. The molecule has 2 aliphatic carbocycles. The minimum Gasteiger partial charge on any atom is -0.299 e. The van der Waals surface area contributed by atoms with Gasteiger partial charge in [0, 0.05) is 0 Å². The van der Waals surface area contributed by atoms with Gasteiger partial charge >= 0.3 is 0 Å². The van der Waals surface area contributed by atoms with E-state index in [1.165, 1.54) is 72.0 Å². The summed E-state index contributed by atoms with van der Waals surface area (Å²) in [5.74, 6) is 0. The lowest BCUT2D eigenvalue weighted by molar-refractivity contribution is -0.104. The van der Waals surface area contributed by atoms with Crippen molar-refractivity contribution in [3.8, 4) is 0 Å². The third kappa shape index (κ3) is 13.6. The minimum atomic E-state index is 0.290. The maximum absolute atomic E-state index is 10.3. The third-order valence-corrected chi connectivity index (χ3v) is 8.21. The van der Waals surface area contributed by atoms with Gasteiger partial charge < -0.3 is 0 Å². The second-order valence-electron chi connectivity index (χ2n) is 13.2. The Labute approximate surface area is 257 Å². The van der Waals surface area contributed by atoms with Gasteiger partial charge in [-0.25, -0.2) is 0 Å². The predicted molar refractivity (Wildman–Crippen MR) is 184 cm³/mol. The highest BCUT2D eigenvalue weighted by atomic mass is 16.1. The van der Waals surface area contributed by atoms with Gasteiger partial charge in [0.05, 0.1) is 0 Å². The molecule has 2 aliphatic rings. The van der Waals surface area contributed by atoms with Gasteiger partial charge in [-0.3, -0.25) is 9.59 Å². The zero-order chi connectivity index (χ0) is 31.8. The van der Waals surface area contributed by atoms with Crippen molar-refractivity contribution in [2.24, 2.45) is 10.8 Å². The third-order valence-electron chi connectivity index (χ3n) is 8.21. The standard InChI is InChI=1S/2C20H28O/c2*1-16(8-6-9-17(2)13-15-21)11-12-19-18(3)10-7-14-20(19,4)5/h2*6,8-9,11-13,15H,7,10,14H2,1-5H3/b9-6+,12-11+,16-8+,17-13+;9-6+,12-11+,16-8+,17-13-. The second kappa shape index (κ2) is 18.3. The molecule has 0 atom stereocenters. The Morgan fingerprint density at radius 2 is 0.881 bits per heavy atom. The summed E-state index contributed by atoms with van der Waals surface area (Å²) in [7, 11) is 0. The molecule has 0 spiro atoms. The van der Waals surface area contributed by atoms with Gasteiger partial charge in [-0.1, -0.05) is 111 Å². The first kappa shape index (κ1) is 36.8. The lowest BCUT2D eigenvalue weighted by Gasteiger charge is -2.33. The number of carbonyl (C=O) groups excluding carboxylic acids is 2. The number of hydrogen-bond donors (Lipinski definition) is 0. The largest absolute Gasteiger partial charge is 0.299 e. The van der Waals surface area contributed by atoms with Crippen molar-refractivity contribution in [1.82, 2.24) is 0 Å². The molecule has 0 aromatic heterocycles. The fourth-order valence-electron chi connectivity index (χ4n) is 5.59. The molecule has 2 heteroatoms. The van der Waals surface area contributed by atoms with Crippen LogP contribution in [0.3, 0.4) is 0 Å². The Bertz CT molecular complexity index is 1140. The smallest absolute Gasteiger partial charge is 0.143 e. The fourth-order valence-corrected chi connectivity index (χ4v) is 5.59. The molecule has 0 saturated carbocycles. The molecule has 0 unspecified atom stereocenters. The van der Waals surface area contributed by atoms with Crippen LogP contribution in [-0.4, -0.2) is 12.6 Å². The molecule has 0 bridgehead atoms. The molecule has 0 heterocycles. The van der Waals surface area contributed by atoms with Crippen LogP contribution in [0.5, 0.6) is 0 Å². The van der Waals surface area contributed by atoms with Crippen LogP contribution in [0.4, 0.5) is 0 Å². The van der Waals surface area contributed by atoms with Crippen LogP contribution in [-0.2, 0) is 9.59 Å². The lowest BCUT2D eigenvalue weighted by atomic mass is 9.72. The molecule has 0 aliphatic heterocycles. The molecule has 228 valence electrons. The van der Waals surface area contributed by atoms with E-state index in [0.29, 0.717) is 0 Å². The van der Waals surface area contributed by atoms with E-state index in [2.05, 4.69) is 91.8 Å². The zero-order valence-corrected chi connectivity index (χ0v) is 28.1. The average molecular weight is 569 g/mol. The number of carbonyl (C=O) groups is 2. The van der Waals surface area contributed by atoms with E-state index in [4.69, 9.17) is 0 Å². The summed E-state index contributed by atoms with van der Waals surface area (Å²) in [5, 5.41) is 0. The SMILES string of the molecule is CC1=C(/C=C/C(C)=C/C=C/C(C)=C/C=O)C(C)(C)CCC1.CC1=C(/C=C/C(C)=C/C=C/C(C)=C\C=O)C(C)(C)CCC1. The van der Waals surface area contributed by atoms with E-state index in [-0.39, 0.29) is 10.8 Å². The maximum Gasteiger partial charge on any atom is 0.143 e. The maximum atomic E-state index is 10.3. The summed E-state index contributed by atoms with van der Waals surface area (Å²) in [6.07, 6.45) is 33.3. The van der Waals surface area contributed by atoms with Crippen molar-refractivity contribution in [3.63, 3.8) is 0 Å². The molecular formula is C40H56O2. The Hall–Kier alpha value is -3.26. The highest BCUT2D eigenvalue weighted by molar-refractivity contribution is 5.67. The van der Waals surface area contributed by atoms with E-state index in [1.807, 2.05) is 38.2 Å². The van der Waals surface area contributed by atoms with E-state index < -0.39 is 0 Å². The topological polar surface area (TPSA) is 34.1 Å². The Morgan fingerprint density at radius 3 is 1.19 bits per heavy atom. The first-order valence-corrected chi connectivity index (χ1v) is 15.4. The van der Waals surface area contributed by atoms with Crippen molar-refractivity contribution < 1.29 is 9.59 Å². The average Bonchev–Trinajstić information content (AvgIpc) is 2.88. The molecule has 2 rings (SSSR count). The van der Waals surface area contributed by atoms with E-state index in [0.717, 1.165) is 23.7 Å². The molecule has 0 aromatic rings. The van der Waals surface area contributed by atoms with Crippen molar-refractivity contribution in [2.75, 3.05) is 0 Å². The Morgan fingerprint density at radius 1 is 0.548 bits per heavy atom. The molecule has 0 N–H and O–H groups in total. The monoisotopic (exact) mass is 568 g/mol. The second-order valence-corrected chi connectivity index (χ2v) is 13.2. The lowest BCUT2D eigenvalue weighted by Crippen LogP contribution is -2.19.